The molecule has 1 aliphatic heterocycles. The lowest BCUT2D eigenvalue weighted by atomic mass is 10.2. The van der Waals surface area contributed by atoms with Crippen molar-refractivity contribution in [3.8, 4) is 12.3 Å². The Morgan fingerprint density at radius 2 is 2.14 bits per heavy atom. The number of aryl methyl sites for hydroxylation is 2. The molecule has 0 spiro atoms. The van der Waals surface area contributed by atoms with E-state index in [1.54, 1.807) is 11.6 Å². The molecule has 0 aliphatic carbocycles. The maximum atomic E-state index is 12.4. The van der Waals surface area contributed by atoms with Crippen LogP contribution in [0.15, 0.2) is 9.59 Å². The van der Waals surface area contributed by atoms with Crippen molar-refractivity contribution in [2.45, 2.75) is 45.3 Å². The first-order valence-corrected chi connectivity index (χ1v) is 11.2. The Hall–Kier alpha value is -2.38. The van der Waals surface area contributed by atoms with Gasteiger partial charge in [-0.2, -0.15) is 0 Å². The molecule has 0 amide bonds. The molecular weight excluding hydrogens is 382 g/mol. The summed E-state index contributed by atoms with van der Waals surface area (Å²) in [5.41, 5.74) is -0.288. The number of imidazole rings is 1. The van der Waals surface area contributed by atoms with E-state index < -0.39 is 21.1 Å². The number of sulfone groups is 1. The van der Waals surface area contributed by atoms with E-state index in [0.717, 1.165) is 12.8 Å². The lowest BCUT2D eigenvalue weighted by molar-refractivity contribution is 0.223. The summed E-state index contributed by atoms with van der Waals surface area (Å²) in [6, 6.07) is -0.179. The Kier molecular flexibility index (Phi) is 5.76. The number of rotatable bonds is 7. The minimum atomic E-state index is -3.05. The summed E-state index contributed by atoms with van der Waals surface area (Å²) < 4.78 is 26.8. The van der Waals surface area contributed by atoms with Crippen LogP contribution in [0.3, 0.4) is 0 Å². The molecule has 1 atom stereocenters. The second-order valence-corrected chi connectivity index (χ2v) is 9.42. The highest BCUT2D eigenvalue weighted by molar-refractivity contribution is 7.91. The predicted molar refractivity (Wildman–Crippen MR) is 107 cm³/mol. The Morgan fingerprint density at radius 3 is 2.75 bits per heavy atom. The molecule has 9 nitrogen and oxygen atoms in total. The smallest absolute Gasteiger partial charge is 0.324 e. The fourth-order valence-electron chi connectivity index (χ4n) is 3.63. The van der Waals surface area contributed by atoms with Crippen LogP contribution in [0.25, 0.3) is 11.2 Å². The van der Waals surface area contributed by atoms with Gasteiger partial charge in [0.15, 0.2) is 21.0 Å². The monoisotopic (exact) mass is 407 g/mol. The van der Waals surface area contributed by atoms with Crippen molar-refractivity contribution in [3.05, 3.63) is 26.7 Å². The van der Waals surface area contributed by atoms with Crippen LogP contribution in [0.5, 0.6) is 0 Å². The third-order valence-corrected chi connectivity index (χ3v) is 6.96. The van der Waals surface area contributed by atoms with Crippen LogP contribution >= 0.6 is 0 Å². The molecule has 1 fully saturated rings. The van der Waals surface area contributed by atoms with Crippen LogP contribution in [0.4, 0.5) is 0 Å². The first kappa shape index (κ1) is 20.4. The van der Waals surface area contributed by atoms with Crippen molar-refractivity contribution < 1.29 is 8.42 Å². The minimum Gasteiger partial charge on any atom is -0.324 e. The van der Waals surface area contributed by atoms with Gasteiger partial charge >= 0.3 is 5.69 Å². The van der Waals surface area contributed by atoms with Gasteiger partial charge in [-0.15, -0.1) is 6.42 Å². The standard InChI is InChI=1S/C18H25N5O4S/c1-4-6-9-23-16-15(17(24)20-18(23)25)21(3)14(19-16)11-22(8-5-2)13-7-10-28(26,27)12-13/h2,13H,4,6-12H2,1,3H3,(H,20,24,25). The number of fused-ring (bicyclic) bond motifs is 1. The highest BCUT2D eigenvalue weighted by Gasteiger charge is 2.32. The van der Waals surface area contributed by atoms with E-state index in [-0.39, 0.29) is 24.1 Å². The average molecular weight is 407 g/mol. The van der Waals surface area contributed by atoms with Gasteiger partial charge in [-0.05, 0) is 12.8 Å². The van der Waals surface area contributed by atoms with Gasteiger partial charge in [0.1, 0.15) is 5.82 Å². The van der Waals surface area contributed by atoms with Crippen molar-refractivity contribution >= 4 is 21.0 Å². The largest absolute Gasteiger partial charge is 0.330 e. The maximum Gasteiger partial charge on any atom is 0.330 e. The van der Waals surface area contributed by atoms with Gasteiger partial charge in [-0.25, -0.2) is 18.2 Å². The molecule has 152 valence electrons. The van der Waals surface area contributed by atoms with Crippen LogP contribution in [0.2, 0.25) is 0 Å². The van der Waals surface area contributed by atoms with Crippen LogP contribution in [0, 0.1) is 12.3 Å². The molecule has 0 saturated carbocycles. The van der Waals surface area contributed by atoms with Crippen LogP contribution in [0.1, 0.15) is 32.0 Å². The second kappa shape index (κ2) is 7.93. The Balaban J connectivity index is 2.02. The maximum absolute atomic E-state index is 12.4. The number of hydrogen-bond acceptors (Lipinski definition) is 6. The number of hydrogen-bond donors (Lipinski definition) is 1. The predicted octanol–water partition coefficient (Wildman–Crippen LogP) is -0.154. The molecule has 10 heteroatoms. The summed E-state index contributed by atoms with van der Waals surface area (Å²) in [5.74, 6) is 3.36. The Morgan fingerprint density at radius 1 is 1.39 bits per heavy atom. The molecule has 1 N–H and O–H groups in total. The SMILES string of the molecule is C#CCN(Cc1nc2c(c(=O)[nH]c(=O)n2CCCC)n1C)C1CCS(=O)(=O)C1. The first-order valence-electron chi connectivity index (χ1n) is 9.33. The Bertz CT molecular complexity index is 1140. The van der Waals surface area contributed by atoms with Crippen molar-refractivity contribution in [1.29, 1.82) is 0 Å². The number of terminal acetylenes is 1. The van der Waals surface area contributed by atoms with Gasteiger partial charge in [0.25, 0.3) is 5.56 Å². The van der Waals surface area contributed by atoms with E-state index in [1.165, 1.54) is 4.57 Å². The first-order chi connectivity index (χ1) is 13.3. The number of aromatic nitrogens is 4. The summed E-state index contributed by atoms with van der Waals surface area (Å²) in [6.45, 7) is 3.07. The quantitative estimate of drug-likeness (QED) is 0.639. The number of aromatic amines is 1. The van der Waals surface area contributed by atoms with E-state index in [0.29, 0.717) is 36.5 Å². The van der Waals surface area contributed by atoms with Crippen LogP contribution < -0.4 is 11.2 Å². The van der Waals surface area contributed by atoms with Crippen molar-refractivity contribution in [2.75, 3.05) is 18.1 Å². The van der Waals surface area contributed by atoms with E-state index in [2.05, 4.69) is 15.9 Å². The molecule has 1 unspecified atom stereocenters. The van der Waals surface area contributed by atoms with Gasteiger partial charge < -0.3 is 4.57 Å². The van der Waals surface area contributed by atoms with Gasteiger partial charge in [0.05, 0.1) is 24.6 Å². The lowest BCUT2D eigenvalue weighted by Gasteiger charge is -2.25. The highest BCUT2D eigenvalue weighted by Crippen LogP contribution is 2.20. The summed E-state index contributed by atoms with van der Waals surface area (Å²) in [7, 11) is -1.34. The van der Waals surface area contributed by atoms with E-state index in [1.807, 2.05) is 11.8 Å². The molecule has 0 radical (unpaired) electrons. The Labute approximate surface area is 163 Å². The number of unbranched alkanes of at least 4 members (excludes halogenated alkanes) is 1. The summed E-state index contributed by atoms with van der Waals surface area (Å²) in [6.07, 6.45) is 7.70. The number of nitrogens with zero attached hydrogens (tertiary/aromatic N) is 4. The third kappa shape index (κ3) is 3.91. The molecular formula is C18H25N5O4S. The van der Waals surface area contributed by atoms with Gasteiger partial charge in [-0.3, -0.25) is 19.2 Å². The fourth-order valence-corrected chi connectivity index (χ4v) is 5.39. The second-order valence-electron chi connectivity index (χ2n) is 7.19. The topological polar surface area (TPSA) is 110 Å². The van der Waals surface area contributed by atoms with E-state index in [4.69, 9.17) is 6.42 Å². The molecule has 3 heterocycles. The van der Waals surface area contributed by atoms with Crippen molar-refractivity contribution in [1.82, 2.24) is 24.0 Å². The molecule has 3 rings (SSSR count). The molecule has 0 bridgehead atoms. The summed E-state index contributed by atoms with van der Waals surface area (Å²) >= 11 is 0. The minimum absolute atomic E-state index is 0.0699. The zero-order valence-corrected chi connectivity index (χ0v) is 17.0. The number of nitrogens with one attached hydrogen (secondary N) is 1. The zero-order valence-electron chi connectivity index (χ0n) is 16.1. The van der Waals surface area contributed by atoms with Gasteiger partial charge in [-0.1, -0.05) is 19.3 Å². The van der Waals surface area contributed by atoms with E-state index in [9.17, 15) is 18.0 Å². The van der Waals surface area contributed by atoms with Crippen molar-refractivity contribution in [2.24, 2.45) is 7.05 Å². The van der Waals surface area contributed by atoms with Gasteiger partial charge in [0.2, 0.25) is 0 Å². The molecule has 1 saturated heterocycles. The lowest BCUT2D eigenvalue weighted by Crippen LogP contribution is -2.36. The molecule has 0 aromatic carbocycles. The molecule has 1 aliphatic rings. The summed E-state index contributed by atoms with van der Waals surface area (Å²) in [4.78, 5) is 33.4. The fraction of sp³-hybridized carbons (Fsp3) is 0.611. The third-order valence-electron chi connectivity index (χ3n) is 5.20. The molecule has 2 aromatic rings. The highest BCUT2D eigenvalue weighted by atomic mass is 32.2. The van der Waals surface area contributed by atoms with Crippen molar-refractivity contribution in [3.63, 3.8) is 0 Å². The molecule has 2 aromatic heterocycles. The zero-order chi connectivity index (χ0) is 20.5. The van der Waals surface area contributed by atoms with E-state index >= 15 is 0 Å². The van der Waals surface area contributed by atoms with Crippen LogP contribution in [-0.4, -0.2) is 56.5 Å². The molecule has 28 heavy (non-hydrogen) atoms. The normalized spacial score (nSPS) is 18.7. The van der Waals surface area contributed by atoms with Crippen LogP contribution in [-0.2, 0) is 30.0 Å². The average Bonchev–Trinajstić information content (AvgIpc) is 3.14. The number of H-pyrrole nitrogens is 1. The summed E-state index contributed by atoms with van der Waals surface area (Å²) in [5, 5.41) is 0. The van der Waals surface area contributed by atoms with Gasteiger partial charge in [0, 0.05) is 19.6 Å².